The Morgan fingerprint density at radius 2 is 2.00 bits per heavy atom. The van der Waals surface area contributed by atoms with Gasteiger partial charge in [0.15, 0.2) is 0 Å². The van der Waals surface area contributed by atoms with Crippen LogP contribution in [0.25, 0.3) is 10.9 Å². The molecule has 2 aromatic rings. The Hall–Kier alpha value is -1.48. The van der Waals surface area contributed by atoms with Crippen molar-refractivity contribution in [2.75, 3.05) is 18.5 Å². The largest absolute Gasteiger partial charge is 0.366 e. The molecule has 0 aliphatic rings. The van der Waals surface area contributed by atoms with Gasteiger partial charge in [-0.2, -0.15) is 0 Å². The Morgan fingerprint density at radius 3 is 2.69 bits per heavy atom. The van der Waals surface area contributed by atoms with E-state index in [1.54, 1.807) is 0 Å². The Morgan fingerprint density at radius 1 is 1.31 bits per heavy atom. The van der Waals surface area contributed by atoms with Crippen molar-refractivity contribution < 1.29 is 0 Å². The molecular weight excluding hydrogens is 198 g/mol. The molecule has 16 heavy (non-hydrogen) atoms. The molecule has 0 aliphatic heterocycles. The number of nitrogens with zero attached hydrogens (tertiary/aromatic N) is 1. The topological polar surface area (TPSA) is 45.0 Å². The number of H-pyrrole nitrogens is 1. The number of benzene rings is 1. The van der Waals surface area contributed by atoms with Gasteiger partial charge in [-0.3, -0.25) is 0 Å². The van der Waals surface area contributed by atoms with E-state index < -0.39 is 0 Å². The van der Waals surface area contributed by atoms with Crippen LogP contribution in [-0.4, -0.2) is 24.1 Å². The van der Waals surface area contributed by atoms with Crippen LogP contribution in [0.4, 0.5) is 5.69 Å². The highest BCUT2D eigenvalue weighted by atomic mass is 15.2. The SMILES string of the molecule is CN(c1c[nH]c2ccccc12)C(C)(C)CN. The molecule has 1 heterocycles. The highest BCUT2D eigenvalue weighted by Gasteiger charge is 2.23. The molecule has 0 fully saturated rings. The smallest absolute Gasteiger partial charge is 0.0626 e. The molecular formula is C13H19N3. The summed E-state index contributed by atoms with van der Waals surface area (Å²) in [4.78, 5) is 5.51. The maximum Gasteiger partial charge on any atom is 0.0626 e. The van der Waals surface area contributed by atoms with Gasteiger partial charge in [0, 0.05) is 36.2 Å². The molecule has 0 saturated carbocycles. The van der Waals surface area contributed by atoms with E-state index in [9.17, 15) is 0 Å². The number of nitrogens with one attached hydrogen (secondary N) is 1. The van der Waals surface area contributed by atoms with Gasteiger partial charge < -0.3 is 15.6 Å². The summed E-state index contributed by atoms with van der Waals surface area (Å²) in [6.45, 7) is 4.92. The molecule has 3 nitrogen and oxygen atoms in total. The maximum atomic E-state index is 5.81. The highest BCUT2D eigenvalue weighted by Crippen LogP contribution is 2.29. The number of aromatic nitrogens is 1. The average molecular weight is 217 g/mol. The lowest BCUT2D eigenvalue weighted by molar-refractivity contribution is 0.500. The summed E-state index contributed by atoms with van der Waals surface area (Å²) in [6, 6.07) is 8.31. The summed E-state index contributed by atoms with van der Waals surface area (Å²) in [5.41, 5.74) is 8.13. The molecule has 1 aromatic carbocycles. The Balaban J connectivity index is 2.48. The third-order valence-electron chi connectivity index (χ3n) is 3.34. The number of hydrogen-bond acceptors (Lipinski definition) is 2. The Kier molecular flexibility index (Phi) is 2.64. The summed E-state index contributed by atoms with van der Waals surface area (Å²) < 4.78 is 0. The zero-order valence-corrected chi connectivity index (χ0v) is 10.1. The third-order valence-corrected chi connectivity index (χ3v) is 3.34. The Labute approximate surface area is 96.2 Å². The second-order valence-electron chi connectivity index (χ2n) is 4.80. The van der Waals surface area contributed by atoms with Crippen LogP contribution in [0.2, 0.25) is 0 Å². The van der Waals surface area contributed by atoms with Gasteiger partial charge in [-0.1, -0.05) is 18.2 Å². The van der Waals surface area contributed by atoms with Crippen LogP contribution in [0.3, 0.4) is 0 Å². The first kappa shape index (κ1) is 11.0. The first-order valence-corrected chi connectivity index (χ1v) is 5.56. The minimum Gasteiger partial charge on any atom is -0.366 e. The molecule has 0 unspecified atom stereocenters. The molecule has 0 aliphatic carbocycles. The molecule has 0 amide bonds. The standard InChI is InChI=1S/C13H19N3/c1-13(2,9-14)16(3)12-8-15-11-7-5-4-6-10(11)12/h4-8,15H,9,14H2,1-3H3. The van der Waals surface area contributed by atoms with Crippen molar-refractivity contribution in [3.8, 4) is 0 Å². The van der Waals surface area contributed by atoms with Crippen LogP contribution in [-0.2, 0) is 0 Å². The van der Waals surface area contributed by atoms with Gasteiger partial charge in [-0.05, 0) is 19.9 Å². The maximum absolute atomic E-state index is 5.81. The predicted octanol–water partition coefficient (Wildman–Crippen LogP) is 2.34. The lowest BCUT2D eigenvalue weighted by Crippen LogP contribution is -2.47. The molecule has 0 atom stereocenters. The number of fused-ring (bicyclic) bond motifs is 1. The van der Waals surface area contributed by atoms with Gasteiger partial charge >= 0.3 is 0 Å². The van der Waals surface area contributed by atoms with Gasteiger partial charge in [-0.25, -0.2) is 0 Å². The number of hydrogen-bond donors (Lipinski definition) is 2. The van der Waals surface area contributed by atoms with Crippen molar-refractivity contribution in [1.82, 2.24) is 4.98 Å². The van der Waals surface area contributed by atoms with Crippen molar-refractivity contribution in [3.05, 3.63) is 30.5 Å². The molecule has 0 bridgehead atoms. The van der Waals surface area contributed by atoms with Gasteiger partial charge in [0.1, 0.15) is 0 Å². The van der Waals surface area contributed by atoms with Gasteiger partial charge in [0.05, 0.1) is 5.69 Å². The summed E-state index contributed by atoms with van der Waals surface area (Å²) in [6.07, 6.45) is 2.04. The quantitative estimate of drug-likeness (QED) is 0.829. The number of aromatic amines is 1. The van der Waals surface area contributed by atoms with Crippen LogP contribution in [0.1, 0.15) is 13.8 Å². The molecule has 0 saturated heterocycles. The average Bonchev–Trinajstić information content (AvgIpc) is 2.71. The predicted molar refractivity (Wildman–Crippen MR) is 69.8 cm³/mol. The van der Waals surface area contributed by atoms with Crippen molar-refractivity contribution in [1.29, 1.82) is 0 Å². The molecule has 1 aromatic heterocycles. The second-order valence-corrected chi connectivity index (χ2v) is 4.80. The number of nitrogens with two attached hydrogens (primary N) is 1. The van der Waals surface area contributed by atoms with E-state index in [-0.39, 0.29) is 5.54 Å². The van der Waals surface area contributed by atoms with Crippen LogP contribution >= 0.6 is 0 Å². The fraction of sp³-hybridized carbons (Fsp3) is 0.385. The van der Waals surface area contributed by atoms with E-state index in [1.807, 2.05) is 12.3 Å². The minimum absolute atomic E-state index is 0.0367. The fourth-order valence-corrected chi connectivity index (χ4v) is 1.80. The summed E-state index contributed by atoms with van der Waals surface area (Å²) >= 11 is 0. The van der Waals surface area contributed by atoms with Crippen molar-refractivity contribution in [2.45, 2.75) is 19.4 Å². The van der Waals surface area contributed by atoms with Gasteiger partial charge in [0.2, 0.25) is 0 Å². The summed E-state index contributed by atoms with van der Waals surface area (Å²) in [5, 5.41) is 1.24. The van der Waals surface area contributed by atoms with Crippen LogP contribution in [0.5, 0.6) is 0 Å². The van der Waals surface area contributed by atoms with Crippen molar-refractivity contribution >= 4 is 16.6 Å². The van der Waals surface area contributed by atoms with Crippen molar-refractivity contribution in [2.24, 2.45) is 5.73 Å². The third kappa shape index (κ3) is 1.67. The van der Waals surface area contributed by atoms with E-state index >= 15 is 0 Å². The van der Waals surface area contributed by atoms with Crippen molar-refractivity contribution in [3.63, 3.8) is 0 Å². The second kappa shape index (κ2) is 3.83. The zero-order valence-electron chi connectivity index (χ0n) is 10.1. The summed E-state index contributed by atoms with van der Waals surface area (Å²) in [5.74, 6) is 0. The lowest BCUT2D eigenvalue weighted by Gasteiger charge is -2.36. The zero-order chi connectivity index (χ0) is 11.8. The van der Waals surface area contributed by atoms with Gasteiger partial charge in [0.25, 0.3) is 0 Å². The van der Waals surface area contributed by atoms with E-state index in [2.05, 4.69) is 49.0 Å². The molecule has 0 spiro atoms. The number of para-hydroxylation sites is 1. The highest BCUT2D eigenvalue weighted by molar-refractivity contribution is 5.93. The normalized spacial score (nSPS) is 12.0. The van der Waals surface area contributed by atoms with E-state index in [1.165, 1.54) is 11.1 Å². The van der Waals surface area contributed by atoms with Crippen LogP contribution in [0.15, 0.2) is 30.5 Å². The molecule has 2 rings (SSSR count). The lowest BCUT2D eigenvalue weighted by atomic mass is 10.0. The number of likely N-dealkylation sites (N-methyl/N-ethyl adjacent to an activating group) is 1. The van der Waals surface area contributed by atoms with Gasteiger partial charge in [-0.15, -0.1) is 0 Å². The van der Waals surface area contributed by atoms with E-state index in [0.717, 1.165) is 5.52 Å². The number of anilines is 1. The van der Waals surface area contributed by atoms with Crippen LogP contribution in [0, 0.1) is 0 Å². The summed E-state index contributed by atoms with van der Waals surface area (Å²) in [7, 11) is 2.09. The molecule has 86 valence electrons. The fourth-order valence-electron chi connectivity index (χ4n) is 1.80. The van der Waals surface area contributed by atoms with E-state index in [4.69, 9.17) is 5.73 Å². The Bertz CT molecular complexity index is 485. The van der Waals surface area contributed by atoms with Crippen LogP contribution < -0.4 is 10.6 Å². The monoisotopic (exact) mass is 217 g/mol. The molecule has 3 N–H and O–H groups in total. The molecule has 0 radical (unpaired) electrons. The number of rotatable bonds is 3. The molecule has 3 heteroatoms. The minimum atomic E-state index is -0.0367. The van der Waals surface area contributed by atoms with E-state index in [0.29, 0.717) is 6.54 Å². The first-order valence-electron chi connectivity index (χ1n) is 5.56. The first-order chi connectivity index (χ1) is 7.56.